The van der Waals surface area contributed by atoms with Crippen LogP contribution in [0.4, 0.5) is 0 Å². The molecular weight excluding hydrogens is 176 g/mol. The molecule has 0 aliphatic carbocycles. The smallest absolute Gasteiger partial charge is 0.215 e. The van der Waals surface area contributed by atoms with Gasteiger partial charge in [-0.3, -0.25) is 0 Å². The Morgan fingerprint density at radius 1 is 1.42 bits per heavy atom. The Balaban J connectivity index is 4.49. The van der Waals surface area contributed by atoms with Crippen molar-refractivity contribution in [2.45, 2.75) is 26.8 Å². The van der Waals surface area contributed by atoms with Crippen LogP contribution in [0.5, 0.6) is 0 Å². The molecule has 0 radical (unpaired) electrons. The molecule has 4 nitrogen and oxygen atoms in total. The highest BCUT2D eigenvalue weighted by atomic mass is 32.2. The van der Waals surface area contributed by atoms with E-state index >= 15 is 0 Å². The van der Waals surface area contributed by atoms with E-state index in [0.29, 0.717) is 6.54 Å². The lowest BCUT2D eigenvalue weighted by molar-refractivity contribution is 0.369. The molecule has 0 bridgehead atoms. The third-order valence-electron chi connectivity index (χ3n) is 1.62. The molecule has 0 heterocycles. The molecule has 0 fully saturated rings. The van der Waals surface area contributed by atoms with Gasteiger partial charge in [-0.25, -0.2) is 8.42 Å². The maximum Gasteiger partial charge on any atom is 0.215 e. The van der Waals surface area contributed by atoms with Crippen molar-refractivity contribution in [1.29, 1.82) is 0 Å². The highest BCUT2D eigenvalue weighted by molar-refractivity contribution is 7.89. The Morgan fingerprint density at radius 2 is 1.92 bits per heavy atom. The van der Waals surface area contributed by atoms with Crippen molar-refractivity contribution < 1.29 is 8.42 Å². The third kappa shape index (κ3) is 3.08. The number of hydrogen-bond acceptors (Lipinski definition) is 3. The molecule has 0 saturated heterocycles. The van der Waals surface area contributed by atoms with Crippen LogP contribution >= 0.6 is 0 Å². The van der Waals surface area contributed by atoms with E-state index in [9.17, 15) is 8.42 Å². The van der Waals surface area contributed by atoms with Crippen molar-refractivity contribution in [3.8, 4) is 0 Å². The summed E-state index contributed by atoms with van der Waals surface area (Å²) in [5.74, 6) is 0.0407. The number of sulfonamides is 1. The average molecular weight is 194 g/mol. The fourth-order valence-electron chi connectivity index (χ4n) is 1.15. The predicted molar refractivity (Wildman–Crippen MR) is 50.4 cm³/mol. The Labute approximate surface area is 74.8 Å². The monoisotopic (exact) mass is 194 g/mol. The number of rotatable bonds is 5. The summed E-state index contributed by atoms with van der Waals surface area (Å²) < 4.78 is 24.4. The van der Waals surface area contributed by atoms with Gasteiger partial charge in [0.25, 0.3) is 0 Å². The van der Waals surface area contributed by atoms with Gasteiger partial charge in [0.15, 0.2) is 0 Å². The quantitative estimate of drug-likeness (QED) is 0.670. The summed E-state index contributed by atoms with van der Waals surface area (Å²) in [6.45, 7) is 6.24. The molecule has 0 aliphatic heterocycles. The van der Waals surface area contributed by atoms with E-state index in [4.69, 9.17) is 5.73 Å². The zero-order chi connectivity index (χ0) is 9.78. The van der Waals surface area contributed by atoms with Gasteiger partial charge in [-0.15, -0.1) is 0 Å². The highest BCUT2D eigenvalue weighted by Gasteiger charge is 2.21. The van der Waals surface area contributed by atoms with Crippen LogP contribution in [0.3, 0.4) is 0 Å². The van der Waals surface area contributed by atoms with Crippen molar-refractivity contribution in [1.82, 2.24) is 4.31 Å². The topological polar surface area (TPSA) is 63.4 Å². The lowest BCUT2D eigenvalue weighted by atomic mass is 10.4. The molecule has 0 amide bonds. The van der Waals surface area contributed by atoms with Gasteiger partial charge >= 0.3 is 0 Å². The minimum Gasteiger partial charge on any atom is -0.329 e. The molecule has 0 aliphatic rings. The summed E-state index contributed by atoms with van der Waals surface area (Å²) in [5, 5.41) is 0. The first-order chi connectivity index (χ1) is 5.45. The standard InChI is InChI=1S/C7H18N2O2S/c1-4-9(7(2)3)12(10,11)6-5-8/h7H,4-6,8H2,1-3H3. The Hall–Kier alpha value is -0.130. The van der Waals surface area contributed by atoms with E-state index in [0.717, 1.165) is 0 Å². The Kier molecular flexibility index (Phi) is 4.74. The van der Waals surface area contributed by atoms with Crippen LogP contribution < -0.4 is 5.73 Å². The van der Waals surface area contributed by atoms with Crippen LogP contribution in [-0.4, -0.2) is 37.6 Å². The third-order valence-corrected chi connectivity index (χ3v) is 3.77. The molecule has 0 aromatic carbocycles. The number of hydrogen-bond donors (Lipinski definition) is 1. The van der Waals surface area contributed by atoms with Gasteiger partial charge in [-0.1, -0.05) is 6.92 Å². The molecule has 74 valence electrons. The molecule has 0 atom stereocenters. The maximum absolute atomic E-state index is 11.4. The van der Waals surface area contributed by atoms with Gasteiger partial charge in [0.05, 0.1) is 5.75 Å². The lowest BCUT2D eigenvalue weighted by Crippen LogP contribution is -2.39. The van der Waals surface area contributed by atoms with Gasteiger partial charge < -0.3 is 5.73 Å². The first-order valence-corrected chi connectivity index (χ1v) is 5.76. The molecule has 0 aromatic rings. The zero-order valence-corrected chi connectivity index (χ0v) is 8.76. The van der Waals surface area contributed by atoms with Gasteiger partial charge in [-0.2, -0.15) is 4.31 Å². The average Bonchev–Trinajstić information content (AvgIpc) is 1.86. The minimum absolute atomic E-state index is 0.0200. The summed E-state index contributed by atoms with van der Waals surface area (Å²) in [6.07, 6.45) is 0. The molecule has 0 unspecified atom stereocenters. The first kappa shape index (κ1) is 11.9. The summed E-state index contributed by atoms with van der Waals surface area (Å²) in [4.78, 5) is 0. The van der Waals surface area contributed by atoms with E-state index in [1.54, 1.807) is 0 Å². The van der Waals surface area contributed by atoms with E-state index in [2.05, 4.69) is 0 Å². The van der Waals surface area contributed by atoms with Gasteiger partial charge in [0.2, 0.25) is 10.0 Å². The summed E-state index contributed by atoms with van der Waals surface area (Å²) >= 11 is 0. The predicted octanol–water partition coefficient (Wildman–Crippen LogP) is 0.00520. The van der Waals surface area contributed by atoms with E-state index < -0.39 is 10.0 Å². The first-order valence-electron chi connectivity index (χ1n) is 4.15. The van der Waals surface area contributed by atoms with Gasteiger partial charge in [0, 0.05) is 19.1 Å². The van der Waals surface area contributed by atoms with Gasteiger partial charge in [-0.05, 0) is 13.8 Å². The minimum atomic E-state index is -3.11. The largest absolute Gasteiger partial charge is 0.329 e. The van der Waals surface area contributed by atoms with E-state index in [1.165, 1.54) is 4.31 Å². The fraction of sp³-hybridized carbons (Fsp3) is 1.00. The van der Waals surface area contributed by atoms with Crippen LogP contribution in [0.2, 0.25) is 0 Å². The van der Waals surface area contributed by atoms with Crippen molar-refractivity contribution >= 4 is 10.0 Å². The van der Waals surface area contributed by atoms with Gasteiger partial charge in [0.1, 0.15) is 0 Å². The Morgan fingerprint density at radius 3 is 2.17 bits per heavy atom. The maximum atomic E-state index is 11.4. The van der Waals surface area contributed by atoms with Crippen molar-refractivity contribution in [2.75, 3.05) is 18.8 Å². The van der Waals surface area contributed by atoms with E-state index in [1.807, 2.05) is 20.8 Å². The Bertz CT molecular complexity index is 211. The SMILES string of the molecule is CCN(C(C)C)S(=O)(=O)CCN. The van der Waals surface area contributed by atoms with Crippen molar-refractivity contribution in [3.05, 3.63) is 0 Å². The summed E-state index contributed by atoms with van der Waals surface area (Å²) in [7, 11) is -3.11. The number of nitrogens with zero attached hydrogens (tertiary/aromatic N) is 1. The van der Waals surface area contributed by atoms with Crippen LogP contribution in [-0.2, 0) is 10.0 Å². The zero-order valence-electron chi connectivity index (χ0n) is 7.95. The molecule has 0 spiro atoms. The van der Waals surface area contributed by atoms with Crippen LogP contribution in [0.1, 0.15) is 20.8 Å². The second-order valence-electron chi connectivity index (χ2n) is 2.90. The van der Waals surface area contributed by atoms with Crippen molar-refractivity contribution in [2.24, 2.45) is 5.73 Å². The second-order valence-corrected chi connectivity index (χ2v) is 4.94. The van der Waals surface area contributed by atoms with Crippen LogP contribution in [0, 0.1) is 0 Å². The molecule has 12 heavy (non-hydrogen) atoms. The molecule has 5 heteroatoms. The molecule has 2 N–H and O–H groups in total. The lowest BCUT2D eigenvalue weighted by Gasteiger charge is -2.23. The molecule has 0 saturated carbocycles. The highest BCUT2D eigenvalue weighted by Crippen LogP contribution is 2.05. The number of nitrogens with two attached hydrogens (primary N) is 1. The van der Waals surface area contributed by atoms with Crippen molar-refractivity contribution in [3.63, 3.8) is 0 Å². The summed E-state index contributed by atoms with van der Waals surface area (Å²) in [6, 6.07) is 0.0200. The normalized spacial score (nSPS) is 12.8. The molecular formula is C7H18N2O2S. The van der Waals surface area contributed by atoms with Crippen LogP contribution in [0.25, 0.3) is 0 Å². The summed E-state index contributed by atoms with van der Waals surface area (Å²) in [5.41, 5.74) is 5.20. The molecule has 0 rings (SSSR count). The molecule has 0 aromatic heterocycles. The second kappa shape index (κ2) is 4.79. The van der Waals surface area contributed by atoms with Crippen LogP contribution in [0.15, 0.2) is 0 Å². The fourth-order valence-corrected chi connectivity index (χ4v) is 2.72. The van der Waals surface area contributed by atoms with E-state index in [-0.39, 0.29) is 18.3 Å².